The lowest BCUT2D eigenvalue weighted by atomic mass is 10.0. The Labute approximate surface area is 129 Å². The summed E-state index contributed by atoms with van der Waals surface area (Å²) >= 11 is 3.39. The van der Waals surface area contributed by atoms with E-state index in [1.807, 2.05) is 25.1 Å². The van der Waals surface area contributed by atoms with Crippen molar-refractivity contribution in [1.82, 2.24) is 5.32 Å². The van der Waals surface area contributed by atoms with Gasteiger partial charge in [-0.1, -0.05) is 29.8 Å². The molecule has 0 bridgehead atoms. The first-order chi connectivity index (χ1) is 8.43. The minimum Gasteiger partial charge on any atom is -0.348 e. The summed E-state index contributed by atoms with van der Waals surface area (Å²) in [6, 6.07) is 5.69. The Morgan fingerprint density at radius 2 is 2.05 bits per heavy atom. The molecule has 0 spiro atoms. The second kappa shape index (κ2) is 8.56. The van der Waals surface area contributed by atoms with Crippen LogP contribution in [0.5, 0.6) is 0 Å². The molecule has 1 rings (SSSR count). The number of hydrogen-bond acceptors (Lipinski definition) is 2. The highest BCUT2D eigenvalue weighted by Crippen LogP contribution is 2.16. The fraction of sp³-hybridized carbons (Fsp3) is 0.500. The zero-order valence-corrected chi connectivity index (χ0v) is 14.0. The Morgan fingerprint density at radius 1 is 1.42 bits per heavy atom. The Kier molecular flexibility index (Phi) is 8.30. The van der Waals surface area contributed by atoms with Crippen molar-refractivity contribution in [2.45, 2.75) is 33.2 Å². The zero-order chi connectivity index (χ0) is 13.7. The van der Waals surface area contributed by atoms with E-state index in [1.54, 1.807) is 0 Å². The molecule has 1 aromatic rings. The number of hydrogen-bond donors (Lipinski definition) is 2. The van der Waals surface area contributed by atoms with Gasteiger partial charge in [0.25, 0.3) is 5.91 Å². The Balaban J connectivity index is 0.00000324. The Bertz CT molecular complexity index is 424. The fourth-order valence-electron chi connectivity index (χ4n) is 1.93. The number of amides is 1. The molecule has 0 aliphatic heterocycles. The third kappa shape index (κ3) is 5.93. The molecule has 0 aliphatic rings. The molecule has 0 saturated carbocycles. The minimum atomic E-state index is -0.0453. The third-order valence-electron chi connectivity index (χ3n) is 2.81. The van der Waals surface area contributed by atoms with Crippen LogP contribution in [0.15, 0.2) is 22.7 Å². The first kappa shape index (κ1) is 18.4. The van der Waals surface area contributed by atoms with Gasteiger partial charge in [-0.15, -0.1) is 12.4 Å². The summed E-state index contributed by atoms with van der Waals surface area (Å²) in [6.45, 7) is 6.65. The molecule has 0 aliphatic carbocycles. The summed E-state index contributed by atoms with van der Waals surface area (Å²) in [5.74, 6) is 0.473. The quantitative estimate of drug-likeness (QED) is 0.857. The highest BCUT2D eigenvalue weighted by molar-refractivity contribution is 9.10. The maximum Gasteiger partial charge on any atom is 0.251 e. The molecule has 1 atom stereocenters. The molecule has 1 aromatic carbocycles. The predicted octanol–water partition coefficient (Wildman–Crippen LogP) is 3.28. The number of halogens is 2. The summed E-state index contributed by atoms with van der Waals surface area (Å²) in [6.07, 6.45) is 0.901. The van der Waals surface area contributed by atoms with E-state index in [0.717, 1.165) is 16.5 Å². The van der Waals surface area contributed by atoms with Crippen molar-refractivity contribution in [2.24, 2.45) is 11.7 Å². The molecule has 0 heterocycles. The van der Waals surface area contributed by atoms with Gasteiger partial charge in [-0.2, -0.15) is 0 Å². The number of aryl methyl sites for hydroxylation is 1. The molecule has 108 valence electrons. The van der Waals surface area contributed by atoms with Crippen molar-refractivity contribution in [3.05, 3.63) is 33.8 Å². The average molecular weight is 350 g/mol. The largest absolute Gasteiger partial charge is 0.348 e. The first-order valence-electron chi connectivity index (χ1n) is 6.21. The number of rotatable bonds is 5. The van der Waals surface area contributed by atoms with Crippen molar-refractivity contribution >= 4 is 34.2 Å². The van der Waals surface area contributed by atoms with Crippen molar-refractivity contribution in [3.63, 3.8) is 0 Å². The van der Waals surface area contributed by atoms with Crippen LogP contribution in [-0.4, -0.2) is 18.5 Å². The third-order valence-corrected chi connectivity index (χ3v) is 3.30. The summed E-state index contributed by atoms with van der Waals surface area (Å²) in [5, 5.41) is 3.00. The van der Waals surface area contributed by atoms with Gasteiger partial charge in [0.05, 0.1) is 0 Å². The summed E-state index contributed by atoms with van der Waals surface area (Å²) in [5.41, 5.74) is 7.36. The smallest absolute Gasteiger partial charge is 0.251 e. The van der Waals surface area contributed by atoms with Crippen molar-refractivity contribution in [1.29, 1.82) is 0 Å². The van der Waals surface area contributed by atoms with Crippen LogP contribution in [0.1, 0.15) is 36.2 Å². The Hall–Kier alpha value is -0.580. The van der Waals surface area contributed by atoms with E-state index < -0.39 is 0 Å². The lowest BCUT2D eigenvalue weighted by Gasteiger charge is -2.19. The van der Waals surface area contributed by atoms with E-state index in [-0.39, 0.29) is 24.4 Å². The number of benzene rings is 1. The highest BCUT2D eigenvalue weighted by Gasteiger charge is 2.15. The SMILES string of the molecule is Cc1cc(Br)ccc1C(=O)NC(CN)CC(C)C.Cl. The van der Waals surface area contributed by atoms with Gasteiger partial charge in [0.15, 0.2) is 0 Å². The van der Waals surface area contributed by atoms with Crippen LogP contribution in [0.4, 0.5) is 0 Å². The molecule has 1 unspecified atom stereocenters. The second-order valence-electron chi connectivity index (χ2n) is 4.99. The standard InChI is InChI=1S/C14H21BrN2O.ClH/c1-9(2)6-12(8-16)17-14(18)13-5-4-11(15)7-10(13)3;/h4-5,7,9,12H,6,8,16H2,1-3H3,(H,17,18);1H. The minimum absolute atomic E-state index is 0. The number of nitrogens with two attached hydrogens (primary N) is 1. The van der Waals surface area contributed by atoms with Gasteiger partial charge in [-0.3, -0.25) is 4.79 Å². The molecule has 0 radical (unpaired) electrons. The number of carbonyl (C=O) groups excluding carboxylic acids is 1. The molecule has 1 amide bonds. The van der Waals surface area contributed by atoms with E-state index in [9.17, 15) is 4.79 Å². The van der Waals surface area contributed by atoms with E-state index in [4.69, 9.17) is 5.73 Å². The highest BCUT2D eigenvalue weighted by atomic mass is 79.9. The molecule has 0 aromatic heterocycles. The summed E-state index contributed by atoms with van der Waals surface area (Å²) in [7, 11) is 0. The maximum absolute atomic E-state index is 12.1. The van der Waals surface area contributed by atoms with Crippen LogP contribution in [-0.2, 0) is 0 Å². The van der Waals surface area contributed by atoms with Crippen molar-refractivity contribution in [3.8, 4) is 0 Å². The average Bonchev–Trinajstić information content (AvgIpc) is 2.27. The maximum atomic E-state index is 12.1. The molecule has 3 N–H and O–H groups in total. The molecular formula is C14H22BrClN2O. The first-order valence-corrected chi connectivity index (χ1v) is 7.00. The summed E-state index contributed by atoms with van der Waals surface area (Å²) in [4.78, 5) is 12.1. The van der Waals surface area contributed by atoms with E-state index in [0.29, 0.717) is 18.0 Å². The van der Waals surface area contributed by atoms with Crippen LogP contribution in [0, 0.1) is 12.8 Å². The molecule has 5 heteroatoms. The van der Waals surface area contributed by atoms with E-state index in [1.165, 1.54) is 0 Å². The van der Waals surface area contributed by atoms with E-state index in [2.05, 4.69) is 35.1 Å². The zero-order valence-electron chi connectivity index (χ0n) is 11.6. The van der Waals surface area contributed by atoms with E-state index >= 15 is 0 Å². The van der Waals surface area contributed by atoms with Gasteiger partial charge >= 0.3 is 0 Å². The van der Waals surface area contributed by atoms with Crippen LogP contribution in [0.3, 0.4) is 0 Å². The molecule has 0 saturated heterocycles. The van der Waals surface area contributed by atoms with Gasteiger partial charge in [0, 0.05) is 22.6 Å². The Morgan fingerprint density at radius 3 is 2.53 bits per heavy atom. The second-order valence-corrected chi connectivity index (χ2v) is 5.91. The van der Waals surface area contributed by atoms with Gasteiger partial charge in [-0.25, -0.2) is 0 Å². The van der Waals surface area contributed by atoms with Crippen LogP contribution >= 0.6 is 28.3 Å². The normalized spacial score (nSPS) is 11.9. The van der Waals surface area contributed by atoms with Gasteiger partial charge in [-0.05, 0) is 43.0 Å². The summed E-state index contributed by atoms with van der Waals surface area (Å²) < 4.78 is 0.981. The van der Waals surface area contributed by atoms with Crippen LogP contribution < -0.4 is 11.1 Å². The van der Waals surface area contributed by atoms with Crippen LogP contribution in [0.25, 0.3) is 0 Å². The number of carbonyl (C=O) groups is 1. The molecular weight excluding hydrogens is 328 g/mol. The van der Waals surface area contributed by atoms with Crippen molar-refractivity contribution in [2.75, 3.05) is 6.54 Å². The lowest BCUT2D eigenvalue weighted by molar-refractivity contribution is 0.0933. The monoisotopic (exact) mass is 348 g/mol. The predicted molar refractivity (Wildman–Crippen MR) is 85.9 cm³/mol. The molecule has 0 fully saturated rings. The fourth-order valence-corrected chi connectivity index (χ4v) is 2.40. The van der Waals surface area contributed by atoms with Crippen LogP contribution in [0.2, 0.25) is 0 Å². The van der Waals surface area contributed by atoms with Gasteiger partial charge in [0.2, 0.25) is 0 Å². The van der Waals surface area contributed by atoms with Gasteiger partial charge < -0.3 is 11.1 Å². The molecule has 19 heavy (non-hydrogen) atoms. The molecule has 3 nitrogen and oxygen atoms in total. The van der Waals surface area contributed by atoms with Crippen molar-refractivity contribution < 1.29 is 4.79 Å². The van der Waals surface area contributed by atoms with Gasteiger partial charge in [0.1, 0.15) is 0 Å². The lowest BCUT2D eigenvalue weighted by Crippen LogP contribution is -2.41. The number of nitrogens with one attached hydrogen (secondary N) is 1. The topological polar surface area (TPSA) is 55.1 Å².